The van der Waals surface area contributed by atoms with Crippen molar-refractivity contribution in [3.63, 3.8) is 0 Å². The van der Waals surface area contributed by atoms with Gasteiger partial charge in [0.1, 0.15) is 5.75 Å². The minimum absolute atomic E-state index is 0.262. The largest absolute Gasteiger partial charge is 0.478 e. The van der Waals surface area contributed by atoms with Crippen LogP contribution in [0.4, 0.5) is 11.4 Å². The molecule has 1 aliphatic carbocycles. The summed E-state index contributed by atoms with van der Waals surface area (Å²) in [6.07, 6.45) is 7.94. The van der Waals surface area contributed by atoms with Gasteiger partial charge in [0.2, 0.25) is 0 Å². The zero-order valence-corrected chi connectivity index (χ0v) is 16.5. The molecule has 1 saturated carbocycles. The molecular weight excluding hydrogens is 352 g/mol. The molecule has 1 fully saturated rings. The van der Waals surface area contributed by atoms with Gasteiger partial charge in [-0.3, -0.25) is 0 Å². The maximum atomic E-state index is 11.7. The first-order valence-corrected chi connectivity index (χ1v) is 10.3. The molecule has 0 spiro atoms. The minimum atomic E-state index is -0.934. The third kappa shape index (κ3) is 5.41. The summed E-state index contributed by atoms with van der Waals surface area (Å²) < 4.78 is 6.23. The molecule has 0 radical (unpaired) electrons. The molecule has 2 aromatic rings. The number of carboxylic acid groups (broad SMARTS) is 1. The van der Waals surface area contributed by atoms with Crippen LogP contribution in [0.25, 0.3) is 0 Å². The monoisotopic (exact) mass is 382 g/mol. The Morgan fingerprint density at radius 2 is 1.82 bits per heavy atom. The first-order valence-electron chi connectivity index (χ1n) is 10.3. The van der Waals surface area contributed by atoms with Crippen LogP contribution < -0.4 is 15.4 Å². The van der Waals surface area contributed by atoms with Gasteiger partial charge < -0.3 is 20.5 Å². The number of rotatable bonds is 9. The summed E-state index contributed by atoms with van der Waals surface area (Å²) in [7, 11) is 0. The van der Waals surface area contributed by atoms with Crippen LogP contribution in [0.5, 0.6) is 11.5 Å². The predicted octanol–water partition coefficient (Wildman–Crippen LogP) is 6.13. The van der Waals surface area contributed by atoms with Crippen LogP contribution >= 0.6 is 0 Å². The summed E-state index contributed by atoms with van der Waals surface area (Å²) >= 11 is 0. The highest BCUT2D eigenvalue weighted by Gasteiger charge is 2.20. The number of carboxylic acids is 1. The molecule has 1 aliphatic rings. The van der Waals surface area contributed by atoms with E-state index in [-0.39, 0.29) is 5.56 Å². The number of benzene rings is 2. The quantitative estimate of drug-likeness (QED) is 0.455. The molecule has 0 saturated heterocycles. The zero-order chi connectivity index (χ0) is 19.8. The van der Waals surface area contributed by atoms with E-state index in [0.29, 0.717) is 11.8 Å². The molecule has 0 bridgehead atoms. The van der Waals surface area contributed by atoms with E-state index >= 15 is 0 Å². The average Bonchev–Trinajstić information content (AvgIpc) is 2.71. The fourth-order valence-electron chi connectivity index (χ4n) is 3.57. The maximum absolute atomic E-state index is 11.7. The van der Waals surface area contributed by atoms with Gasteiger partial charge in [0.05, 0.1) is 16.9 Å². The third-order valence-corrected chi connectivity index (χ3v) is 5.11. The molecule has 0 unspecified atom stereocenters. The zero-order valence-electron chi connectivity index (χ0n) is 16.5. The number of para-hydroxylation sites is 1. The SMILES string of the molecule is CCCCNc1cc(C(=O)O)cc(NC2CCCCC2)c1Oc1ccccc1. The lowest BCUT2D eigenvalue weighted by Gasteiger charge is -2.26. The van der Waals surface area contributed by atoms with E-state index in [1.54, 1.807) is 12.1 Å². The smallest absolute Gasteiger partial charge is 0.335 e. The maximum Gasteiger partial charge on any atom is 0.335 e. The predicted molar refractivity (Wildman–Crippen MR) is 114 cm³/mol. The number of ether oxygens (including phenoxy) is 1. The van der Waals surface area contributed by atoms with Gasteiger partial charge in [-0.1, -0.05) is 50.8 Å². The Kier molecular flexibility index (Phi) is 7.18. The normalized spacial score (nSPS) is 14.5. The molecule has 0 aliphatic heterocycles. The number of anilines is 2. The number of carbonyl (C=O) groups is 1. The van der Waals surface area contributed by atoms with Crippen LogP contribution in [-0.2, 0) is 0 Å². The molecule has 5 nitrogen and oxygen atoms in total. The molecule has 3 rings (SSSR count). The van der Waals surface area contributed by atoms with Crippen molar-refractivity contribution in [3.05, 3.63) is 48.0 Å². The van der Waals surface area contributed by atoms with Gasteiger partial charge in [-0.2, -0.15) is 0 Å². The first-order chi connectivity index (χ1) is 13.7. The second-order valence-electron chi connectivity index (χ2n) is 7.38. The fraction of sp³-hybridized carbons (Fsp3) is 0.435. The van der Waals surface area contributed by atoms with Crippen molar-refractivity contribution in [2.75, 3.05) is 17.2 Å². The lowest BCUT2D eigenvalue weighted by molar-refractivity contribution is 0.0697. The van der Waals surface area contributed by atoms with Gasteiger partial charge in [-0.25, -0.2) is 4.79 Å². The van der Waals surface area contributed by atoms with Gasteiger partial charge in [-0.15, -0.1) is 0 Å². The molecule has 3 N–H and O–H groups in total. The van der Waals surface area contributed by atoms with Crippen molar-refractivity contribution >= 4 is 17.3 Å². The molecule has 5 heteroatoms. The van der Waals surface area contributed by atoms with Crippen LogP contribution in [0.1, 0.15) is 62.2 Å². The first kappa shape index (κ1) is 20.1. The Bertz CT molecular complexity index is 771. The number of hydrogen-bond acceptors (Lipinski definition) is 4. The Hall–Kier alpha value is -2.69. The number of aromatic carboxylic acids is 1. The summed E-state index contributed by atoms with van der Waals surface area (Å²) in [5.41, 5.74) is 1.72. The lowest BCUT2D eigenvalue weighted by Crippen LogP contribution is -2.23. The van der Waals surface area contributed by atoms with Gasteiger partial charge in [0.25, 0.3) is 0 Å². The van der Waals surface area contributed by atoms with Crippen LogP contribution in [0.3, 0.4) is 0 Å². The minimum Gasteiger partial charge on any atom is -0.478 e. The number of nitrogens with one attached hydrogen (secondary N) is 2. The van der Waals surface area contributed by atoms with E-state index in [9.17, 15) is 9.90 Å². The Balaban J connectivity index is 1.97. The summed E-state index contributed by atoms with van der Waals surface area (Å²) in [6.45, 7) is 2.90. The molecule has 0 amide bonds. The Morgan fingerprint density at radius 1 is 1.11 bits per heavy atom. The van der Waals surface area contributed by atoms with E-state index in [2.05, 4.69) is 17.6 Å². The van der Waals surface area contributed by atoms with Crippen molar-refractivity contribution in [1.29, 1.82) is 0 Å². The second kappa shape index (κ2) is 10.0. The van der Waals surface area contributed by atoms with E-state index < -0.39 is 5.97 Å². The highest BCUT2D eigenvalue weighted by Crippen LogP contribution is 2.40. The fourth-order valence-corrected chi connectivity index (χ4v) is 3.57. The molecule has 0 heterocycles. The van der Waals surface area contributed by atoms with E-state index in [1.807, 2.05) is 30.3 Å². The summed E-state index contributed by atoms with van der Waals surface area (Å²) in [6, 6.07) is 13.3. The Labute approximate surface area is 167 Å². The summed E-state index contributed by atoms with van der Waals surface area (Å²) in [4.78, 5) is 11.7. The van der Waals surface area contributed by atoms with Crippen LogP contribution in [0, 0.1) is 0 Å². The lowest BCUT2D eigenvalue weighted by atomic mass is 9.95. The van der Waals surface area contributed by atoms with Crippen LogP contribution in [0.15, 0.2) is 42.5 Å². The summed E-state index contributed by atoms with van der Waals surface area (Å²) in [5.74, 6) is 0.463. The second-order valence-corrected chi connectivity index (χ2v) is 7.38. The molecule has 2 aromatic carbocycles. The number of unbranched alkanes of at least 4 members (excludes halogenated alkanes) is 1. The van der Waals surface area contributed by atoms with Gasteiger partial charge in [0.15, 0.2) is 5.75 Å². The third-order valence-electron chi connectivity index (χ3n) is 5.11. The van der Waals surface area contributed by atoms with E-state index in [1.165, 1.54) is 19.3 Å². The Morgan fingerprint density at radius 3 is 2.50 bits per heavy atom. The average molecular weight is 383 g/mol. The van der Waals surface area contributed by atoms with Gasteiger partial charge >= 0.3 is 5.97 Å². The van der Waals surface area contributed by atoms with Gasteiger partial charge in [-0.05, 0) is 43.5 Å². The van der Waals surface area contributed by atoms with E-state index in [4.69, 9.17) is 4.74 Å². The van der Waals surface area contributed by atoms with Crippen molar-refractivity contribution in [2.45, 2.75) is 57.9 Å². The highest BCUT2D eigenvalue weighted by molar-refractivity contribution is 5.92. The topological polar surface area (TPSA) is 70.6 Å². The standard InChI is InChI=1S/C23H30N2O3/c1-2-3-14-24-20-15-17(23(26)27)16-21(25-18-10-6-4-7-11-18)22(20)28-19-12-8-5-9-13-19/h5,8-9,12-13,15-16,18,24-25H,2-4,6-7,10-11,14H2,1H3,(H,26,27). The summed E-state index contributed by atoms with van der Waals surface area (Å²) in [5, 5.41) is 16.5. The van der Waals surface area contributed by atoms with Crippen molar-refractivity contribution in [3.8, 4) is 11.5 Å². The highest BCUT2D eigenvalue weighted by atomic mass is 16.5. The van der Waals surface area contributed by atoms with Gasteiger partial charge in [0, 0.05) is 12.6 Å². The number of hydrogen-bond donors (Lipinski definition) is 3. The van der Waals surface area contributed by atoms with Crippen molar-refractivity contribution < 1.29 is 14.6 Å². The van der Waals surface area contributed by atoms with Crippen LogP contribution in [0.2, 0.25) is 0 Å². The molecule has 150 valence electrons. The van der Waals surface area contributed by atoms with Crippen molar-refractivity contribution in [2.24, 2.45) is 0 Å². The molecule has 0 atom stereocenters. The molecule has 28 heavy (non-hydrogen) atoms. The van der Waals surface area contributed by atoms with Crippen LogP contribution in [-0.4, -0.2) is 23.7 Å². The molecule has 0 aromatic heterocycles. The van der Waals surface area contributed by atoms with Crippen molar-refractivity contribution in [1.82, 2.24) is 0 Å². The molecular formula is C23H30N2O3. The van der Waals surface area contributed by atoms with E-state index in [0.717, 1.165) is 49.4 Å².